The van der Waals surface area contributed by atoms with Crippen LogP contribution < -0.4 is 4.74 Å². The molecule has 19 heavy (non-hydrogen) atoms. The van der Waals surface area contributed by atoms with E-state index in [1.807, 2.05) is 36.4 Å². The molecule has 4 heteroatoms. The Morgan fingerprint density at radius 1 is 1.11 bits per heavy atom. The number of rotatable bonds is 4. The monoisotopic (exact) mass is 340 g/mol. The molecule has 0 aliphatic heterocycles. The highest BCUT2D eigenvalue weighted by molar-refractivity contribution is 9.10. The lowest BCUT2D eigenvalue weighted by molar-refractivity contribution is 0.281. The van der Waals surface area contributed by atoms with Gasteiger partial charge in [-0.3, -0.25) is 0 Å². The number of ether oxygens (including phenoxy) is 1. The van der Waals surface area contributed by atoms with Crippen molar-refractivity contribution in [2.75, 3.05) is 0 Å². The third-order valence-electron chi connectivity index (χ3n) is 2.83. The van der Waals surface area contributed by atoms with Gasteiger partial charge in [0.1, 0.15) is 11.5 Å². The zero-order chi connectivity index (χ0) is 13.8. The molecule has 1 N–H and O–H groups in total. The highest BCUT2D eigenvalue weighted by atomic mass is 79.9. The van der Waals surface area contributed by atoms with Gasteiger partial charge in [-0.2, -0.15) is 0 Å². The zero-order valence-corrected chi connectivity index (χ0v) is 12.8. The van der Waals surface area contributed by atoms with Crippen molar-refractivity contribution in [1.82, 2.24) is 0 Å². The molecule has 0 aliphatic carbocycles. The van der Waals surface area contributed by atoms with Crippen LogP contribution in [0.2, 0.25) is 5.02 Å². The highest BCUT2D eigenvalue weighted by Crippen LogP contribution is 2.29. The maximum Gasteiger partial charge on any atom is 0.128 e. The fourth-order valence-corrected chi connectivity index (χ4v) is 2.48. The van der Waals surface area contributed by atoms with Crippen LogP contribution in [0.25, 0.3) is 0 Å². The zero-order valence-electron chi connectivity index (χ0n) is 10.5. The number of aliphatic hydroxyl groups is 1. The van der Waals surface area contributed by atoms with Crippen molar-refractivity contribution in [3.8, 4) is 11.5 Å². The molecule has 0 saturated carbocycles. The summed E-state index contributed by atoms with van der Waals surface area (Å²) in [6.07, 6.45) is 0.864. The van der Waals surface area contributed by atoms with Crippen molar-refractivity contribution in [2.45, 2.75) is 20.0 Å². The van der Waals surface area contributed by atoms with Crippen LogP contribution >= 0.6 is 27.5 Å². The van der Waals surface area contributed by atoms with E-state index >= 15 is 0 Å². The standard InChI is InChI=1S/C15H14BrClO2/c1-2-10-7-12(5-6-15(10)17)19-13-4-3-11(9-18)14(16)8-13/h3-8,18H,2,9H2,1H3. The van der Waals surface area contributed by atoms with Gasteiger partial charge < -0.3 is 9.84 Å². The summed E-state index contributed by atoms with van der Waals surface area (Å²) >= 11 is 9.47. The average molecular weight is 342 g/mol. The number of benzene rings is 2. The van der Waals surface area contributed by atoms with Gasteiger partial charge in [-0.1, -0.05) is 40.5 Å². The molecule has 2 aromatic carbocycles. The quantitative estimate of drug-likeness (QED) is 0.852. The largest absolute Gasteiger partial charge is 0.457 e. The number of hydrogen-bond acceptors (Lipinski definition) is 2. The summed E-state index contributed by atoms with van der Waals surface area (Å²) in [7, 11) is 0. The maximum absolute atomic E-state index is 9.11. The third-order valence-corrected chi connectivity index (χ3v) is 3.94. The van der Waals surface area contributed by atoms with E-state index in [0.717, 1.165) is 32.8 Å². The molecular formula is C15H14BrClO2. The van der Waals surface area contributed by atoms with E-state index in [0.29, 0.717) is 5.75 Å². The Morgan fingerprint density at radius 3 is 2.42 bits per heavy atom. The van der Waals surface area contributed by atoms with Gasteiger partial charge in [0.15, 0.2) is 0 Å². The lowest BCUT2D eigenvalue weighted by atomic mass is 10.1. The Morgan fingerprint density at radius 2 is 1.79 bits per heavy atom. The van der Waals surface area contributed by atoms with E-state index in [1.165, 1.54) is 0 Å². The van der Waals surface area contributed by atoms with Crippen molar-refractivity contribution in [1.29, 1.82) is 0 Å². The minimum Gasteiger partial charge on any atom is -0.457 e. The Kier molecular flexibility index (Phi) is 4.86. The maximum atomic E-state index is 9.11. The van der Waals surface area contributed by atoms with Crippen molar-refractivity contribution < 1.29 is 9.84 Å². The molecule has 2 nitrogen and oxygen atoms in total. The molecule has 0 amide bonds. The molecule has 0 saturated heterocycles. The summed E-state index contributed by atoms with van der Waals surface area (Å²) in [4.78, 5) is 0. The van der Waals surface area contributed by atoms with Crippen LogP contribution in [0.3, 0.4) is 0 Å². The second-order valence-electron chi connectivity index (χ2n) is 4.12. The lowest BCUT2D eigenvalue weighted by Gasteiger charge is -2.10. The summed E-state index contributed by atoms with van der Waals surface area (Å²) in [5.74, 6) is 1.47. The predicted molar refractivity (Wildman–Crippen MR) is 81.0 cm³/mol. The van der Waals surface area contributed by atoms with Gasteiger partial charge in [0.2, 0.25) is 0 Å². The molecule has 0 atom stereocenters. The topological polar surface area (TPSA) is 29.5 Å². The Hall–Kier alpha value is -1.03. The van der Waals surface area contributed by atoms with Crippen LogP contribution in [-0.2, 0) is 13.0 Å². The molecule has 0 unspecified atom stereocenters. The third kappa shape index (κ3) is 3.50. The number of halogens is 2. The SMILES string of the molecule is CCc1cc(Oc2ccc(CO)c(Br)c2)ccc1Cl. The van der Waals surface area contributed by atoms with Crippen molar-refractivity contribution in [3.05, 3.63) is 57.0 Å². The van der Waals surface area contributed by atoms with Gasteiger partial charge in [0.25, 0.3) is 0 Å². The van der Waals surface area contributed by atoms with Gasteiger partial charge >= 0.3 is 0 Å². The van der Waals surface area contributed by atoms with Crippen LogP contribution in [0.15, 0.2) is 40.9 Å². The molecule has 0 radical (unpaired) electrons. The molecule has 0 fully saturated rings. The number of hydrogen-bond donors (Lipinski definition) is 1. The summed E-state index contributed by atoms with van der Waals surface area (Å²) in [5.41, 5.74) is 1.89. The first-order valence-electron chi connectivity index (χ1n) is 5.99. The van der Waals surface area contributed by atoms with Crippen molar-refractivity contribution >= 4 is 27.5 Å². The molecule has 0 aromatic heterocycles. The summed E-state index contributed by atoms with van der Waals surface area (Å²) in [6.45, 7) is 2.05. The first-order chi connectivity index (χ1) is 9.13. The first-order valence-corrected chi connectivity index (χ1v) is 7.16. The summed E-state index contributed by atoms with van der Waals surface area (Å²) in [6, 6.07) is 11.1. The molecule has 100 valence electrons. The number of aliphatic hydroxyl groups excluding tert-OH is 1. The summed E-state index contributed by atoms with van der Waals surface area (Å²) in [5, 5.41) is 9.87. The van der Waals surface area contributed by atoms with E-state index < -0.39 is 0 Å². The van der Waals surface area contributed by atoms with Gasteiger partial charge in [0.05, 0.1) is 6.61 Å². The molecule has 2 aromatic rings. The molecule has 0 spiro atoms. The van der Waals surface area contributed by atoms with Crippen LogP contribution in [0, 0.1) is 0 Å². The summed E-state index contributed by atoms with van der Waals surface area (Å²) < 4.78 is 6.62. The van der Waals surface area contributed by atoms with Crippen molar-refractivity contribution in [2.24, 2.45) is 0 Å². The van der Waals surface area contributed by atoms with E-state index in [1.54, 1.807) is 0 Å². The van der Waals surface area contributed by atoms with Gasteiger partial charge in [-0.05, 0) is 47.9 Å². The minimum atomic E-state index is 0.00178. The van der Waals surface area contributed by atoms with E-state index in [-0.39, 0.29) is 6.61 Å². The minimum absolute atomic E-state index is 0.00178. The normalized spacial score (nSPS) is 10.5. The van der Waals surface area contributed by atoms with E-state index in [4.69, 9.17) is 21.4 Å². The predicted octanol–water partition coefficient (Wildman–Crippen LogP) is 4.95. The van der Waals surface area contributed by atoms with E-state index in [2.05, 4.69) is 22.9 Å². The van der Waals surface area contributed by atoms with Crippen LogP contribution in [0.4, 0.5) is 0 Å². The fraction of sp³-hybridized carbons (Fsp3) is 0.200. The van der Waals surface area contributed by atoms with Gasteiger partial charge in [-0.25, -0.2) is 0 Å². The average Bonchev–Trinajstić information content (AvgIpc) is 2.41. The van der Waals surface area contributed by atoms with Crippen LogP contribution in [0.1, 0.15) is 18.1 Å². The molecule has 0 bridgehead atoms. The lowest BCUT2D eigenvalue weighted by Crippen LogP contribution is -1.90. The fourth-order valence-electron chi connectivity index (χ4n) is 1.74. The Balaban J connectivity index is 2.23. The van der Waals surface area contributed by atoms with E-state index in [9.17, 15) is 0 Å². The number of aryl methyl sites for hydroxylation is 1. The second kappa shape index (κ2) is 6.42. The first kappa shape index (κ1) is 14.4. The van der Waals surface area contributed by atoms with Gasteiger partial charge in [0, 0.05) is 9.50 Å². The molecular weight excluding hydrogens is 328 g/mol. The molecule has 0 heterocycles. The van der Waals surface area contributed by atoms with Crippen molar-refractivity contribution in [3.63, 3.8) is 0 Å². The highest BCUT2D eigenvalue weighted by Gasteiger charge is 2.05. The second-order valence-corrected chi connectivity index (χ2v) is 5.38. The smallest absolute Gasteiger partial charge is 0.128 e. The molecule has 0 aliphatic rings. The van der Waals surface area contributed by atoms with Crippen LogP contribution in [0.5, 0.6) is 11.5 Å². The molecule has 2 rings (SSSR count). The Bertz CT molecular complexity index is 584. The van der Waals surface area contributed by atoms with Crippen LogP contribution in [-0.4, -0.2) is 5.11 Å². The Labute approximate surface area is 126 Å². The van der Waals surface area contributed by atoms with Gasteiger partial charge in [-0.15, -0.1) is 0 Å².